The van der Waals surface area contributed by atoms with Crippen LogP contribution in [-0.2, 0) is 4.79 Å². The molecule has 0 spiro atoms. The second kappa shape index (κ2) is 6.59. The van der Waals surface area contributed by atoms with E-state index in [4.69, 9.17) is 17.0 Å². The Labute approximate surface area is 149 Å². The molecule has 1 amide bonds. The summed E-state index contributed by atoms with van der Waals surface area (Å²) in [7, 11) is 3.67. The van der Waals surface area contributed by atoms with Crippen molar-refractivity contribution in [2.24, 2.45) is 0 Å². The highest BCUT2D eigenvalue weighted by Gasteiger charge is 2.30. The van der Waals surface area contributed by atoms with Gasteiger partial charge in [0.25, 0.3) is 5.91 Å². The minimum Gasteiger partial charge on any atom is -0.497 e. The summed E-state index contributed by atoms with van der Waals surface area (Å²) in [5.41, 5.74) is 1.11. The van der Waals surface area contributed by atoms with Crippen molar-refractivity contribution in [1.29, 1.82) is 0 Å². The van der Waals surface area contributed by atoms with Crippen molar-refractivity contribution in [2.45, 2.75) is 11.8 Å². The van der Waals surface area contributed by atoms with Gasteiger partial charge in [0.1, 0.15) is 10.1 Å². The second-order valence-electron chi connectivity index (χ2n) is 4.95. The van der Waals surface area contributed by atoms with Gasteiger partial charge >= 0.3 is 0 Å². The van der Waals surface area contributed by atoms with Gasteiger partial charge in [-0.25, -0.2) is 0 Å². The number of benzene rings is 1. The van der Waals surface area contributed by atoms with Gasteiger partial charge in [0.05, 0.1) is 22.7 Å². The molecule has 120 valence electrons. The van der Waals surface area contributed by atoms with Crippen molar-refractivity contribution in [3.63, 3.8) is 0 Å². The normalized spacial score (nSPS) is 20.8. The number of hydrogen-bond acceptors (Lipinski definition) is 6. The number of hydrogen-bond donors (Lipinski definition) is 0. The molecule has 4 nitrogen and oxygen atoms in total. The van der Waals surface area contributed by atoms with Crippen molar-refractivity contribution < 1.29 is 9.53 Å². The van der Waals surface area contributed by atoms with Gasteiger partial charge in [-0.15, -0.1) is 0 Å². The predicted molar refractivity (Wildman–Crippen MR) is 101 cm³/mol. The molecule has 1 aromatic carbocycles. The van der Waals surface area contributed by atoms with Crippen LogP contribution in [0.2, 0.25) is 0 Å². The number of allylic oxidation sites excluding steroid dienone is 2. The summed E-state index contributed by atoms with van der Waals surface area (Å²) in [4.78, 5) is 17.8. The van der Waals surface area contributed by atoms with Gasteiger partial charge in [0.15, 0.2) is 0 Å². The molecule has 2 heterocycles. The van der Waals surface area contributed by atoms with Gasteiger partial charge in [-0.3, -0.25) is 9.69 Å². The summed E-state index contributed by atoms with van der Waals surface area (Å²) in [6, 6.07) is 6.02. The quantitative estimate of drug-likeness (QED) is 0.599. The van der Waals surface area contributed by atoms with Gasteiger partial charge in [-0.05, 0) is 31.2 Å². The zero-order valence-corrected chi connectivity index (χ0v) is 15.5. The molecule has 2 aliphatic heterocycles. The number of rotatable bonds is 3. The summed E-state index contributed by atoms with van der Waals surface area (Å²) < 4.78 is 5.91. The maximum absolute atomic E-state index is 12.2. The van der Waals surface area contributed by atoms with Crippen LogP contribution in [0.5, 0.6) is 5.75 Å². The monoisotopic (exact) mass is 364 g/mol. The molecule has 23 heavy (non-hydrogen) atoms. The fourth-order valence-electron chi connectivity index (χ4n) is 2.35. The molecule has 0 radical (unpaired) electrons. The van der Waals surface area contributed by atoms with E-state index in [0.29, 0.717) is 15.8 Å². The summed E-state index contributed by atoms with van der Waals surface area (Å²) in [5, 5.41) is 1.06. The number of ether oxygens (including phenoxy) is 1. The van der Waals surface area contributed by atoms with E-state index < -0.39 is 0 Å². The van der Waals surface area contributed by atoms with E-state index in [1.165, 1.54) is 16.7 Å². The third-order valence-electron chi connectivity index (χ3n) is 3.64. The number of carbonyl (C=O) groups excluding carboxylic acids is 1. The minimum absolute atomic E-state index is 0.0100. The maximum Gasteiger partial charge on any atom is 0.266 e. The Kier molecular flexibility index (Phi) is 4.70. The first-order valence-corrected chi connectivity index (χ1v) is 9.14. The predicted octanol–water partition coefficient (Wildman–Crippen LogP) is 3.84. The number of nitrogens with zero attached hydrogens (tertiary/aromatic N) is 2. The fraction of sp³-hybridized carbons (Fsp3) is 0.250. The average Bonchev–Trinajstić information content (AvgIpc) is 3.01. The van der Waals surface area contributed by atoms with Gasteiger partial charge in [-0.2, -0.15) is 0 Å². The van der Waals surface area contributed by atoms with Crippen molar-refractivity contribution in [3.05, 3.63) is 40.3 Å². The standard InChI is InChI=1S/C16H16N2O2S3/c1-4-18-15(19)13(23-16(18)21)7-8-14-17(2)11-9-10(20-3)5-6-12(11)22-14/h5-9H,4H2,1-3H3/b13-7+,14-8-. The number of thioether (sulfide) groups is 2. The number of fused-ring (bicyclic) bond motifs is 1. The summed E-state index contributed by atoms with van der Waals surface area (Å²) in [6.45, 7) is 2.54. The Balaban J connectivity index is 1.84. The number of anilines is 1. The lowest BCUT2D eigenvalue weighted by atomic mass is 10.3. The topological polar surface area (TPSA) is 32.8 Å². The van der Waals surface area contributed by atoms with Crippen molar-refractivity contribution in [1.82, 2.24) is 4.90 Å². The van der Waals surface area contributed by atoms with Crippen LogP contribution in [0.3, 0.4) is 0 Å². The number of methoxy groups -OCH3 is 1. The van der Waals surface area contributed by atoms with E-state index in [9.17, 15) is 4.79 Å². The van der Waals surface area contributed by atoms with Crippen molar-refractivity contribution in [3.8, 4) is 5.75 Å². The first-order valence-electron chi connectivity index (χ1n) is 7.10. The molecule has 0 aromatic heterocycles. The Morgan fingerprint density at radius 1 is 1.30 bits per heavy atom. The van der Waals surface area contributed by atoms with Crippen LogP contribution in [-0.4, -0.2) is 35.8 Å². The molecule has 0 bridgehead atoms. The van der Waals surface area contributed by atoms with Crippen LogP contribution in [0.1, 0.15) is 6.92 Å². The van der Waals surface area contributed by atoms with Crippen LogP contribution in [0.25, 0.3) is 0 Å². The summed E-state index contributed by atoms with van der Waals surface area (Å²) >= 11 is 8.26. The minimum atomic E-state index is -0.0100. The van der Waals surface area contributed by atoms with E-state index in [1.54, 1.807) is 23.8 Å². The SMILES string of the molecule is CCN1C(=O)/C(=C\C=C2/Sc3ccc(OC)cc3N2C)SC1=S. The largest absolute Gasteiger partial charge is 0.497 e. The van der Waals surface area contributed by atoms with Gasteiger partial charge in [0, 0.05) is 24.6 Å². The summed E-state index contributed by atoms with van der Waals surface area (Å²) in [6.07, 6.45) is 3.83. The van der Waals surface area contributed by atoms with E-state index in [2.05, 4.69) is 4.90 Å². The molecule has 3 rings (SSSR count). The molecule has 0 atom stereocenters. The zero-order chi connectivity index (χ0) is 16.6. The molecular formula is C16H16N2O2S3. The highest BCUT2D eigenvalue weighted by atomic mass is 32.2. The third kappa shape index (κ3) is 3.00. The molecular weight excluding hydrogens is 348 g/mol. The van der Waals surface area contributed by atoms with E-state index in [-0.39, 0.29) is 5.91 Å². The molecule has 2 aliphatic rings. The molecule has 0 unspecified atom stereocenters. The molecule has 0 N–H and O–H groups in total. The van der Waals surface area contributed by atoms with Crippen LogP contribution >= 0.6 is 35.7 Å². The zero-order valence-electron chi connectivity index (χ0n) is 13.0. The summed E-state index contributed by atoms with van der Waals surface area (Å²) in [5.74, 6) is 0.824. The van der Waals surface area contributed by atoms with E-state index in [1.807, 2.05) is 44.3 Å². The first-order chi connectivity index (χ1) is 11.0. The van der Waals surface area contributed by atoms with Crippen molar-refractivity contribution >= 4 is 51.7 Å². The second-order valence-corrected chi connectivity index (χ2v) is 7.69. The van der Waals surface area contributed by atoms with Crippen LogP contribution in [0.4, 0.5) is 5.69 Å². The van der Waals surface area contributed by atoms with E-state index >= 15 is 0 Å². The van der Waals surface area contributed by atoms with Crippen LogP contribution in [0, 0.1) is 0 Å². The molecule has 0 aliphatic carbocycles. The lowest BCUT2D eigenvalue weighted by Crippen LogP contribution is -2.27. The van der Waals surface area contributed by atoms with Gasteiger partial charge in [-0.1, -0.05) is 35.7 Å². The number of amides is 1. The highest BCUT2D eigenvalue weighted by Crippen LogP contribution is 2.46. The van der Waals surface area contributed by atoms with Crippen LogP contribution in [0.15, 0.2) is 45.2 Å². The Morgan fingerprint density at radius 3 is 2.74 bits per heavy atom. The lowest BCUT2D eigenvalue weighted by Gasteiger charge is -2.13. The molecule has 0 saturated carbocycles. The van der Waals surface area contributed by atoms with Gasteiger partial charge < -0.3 is 9.64 Å². The Morgan fingerprint density at radius 2 is 2.09 bits per heavy atom. The van der Waals surface area contributed by atoms with Crippen molar-refractivity contribution in [2.75, 3.05) is 25.6 Å². The maximum atomic E-state index is 12.2. The fourth-order valence-corrected chi connectivity index (χ4v) is 4.71. The molecule has 7 heteroatoms. The molecule has 1 aromatic rings. The molecule has 1 saturated heterocycles. The van der Waals surface area contributed by atoms with E-state index in [0.717, 1.165) is 16.5 Å². The number of carbonyl (C=O) groups is 1. The number of likely N-dealkylation sites (N-methyl/N-ethyl adjacent to an activating group) is 1. The van der Waals surface area contributed by atoms with Gasteiger partial charge in [0.2, 0.25) is 0 Å². The highest BCUT2D eigenvalue weighted by molar-refractivity contribution is 8.26. The lowest BCUT2D eigenvalue weighted by molar-refractivity contribution is -0.122. The average molecular weight is 365 g/mol. The first kappa shape index (κ1) is 16.4. The Bertz CT molecular complexity index is 743. The smallest absolute Gasteiger partial charge is 0.266 e. The van der Waals surface area contributed by atoms with Crippen LogP contribution < -0.4 is 9.64 Å². The molecule has 1 fully saturated rings. The Hall–Kier alpha value is -1.44. The number of thiocarbonyl (C=S) groups is 1. The third-order valence-corrected chi connectivity index (χ3v) is 6.22.